The van der Waals surface area contributed by atoms with Gasteiger partial charge in [0, 0.05) is 12.0 Å². The first-order chi connectivity index (χ1) is 8.49. The second-order valence-corrected chi connectivity index (χ2v) is 5.28. The maximum absolute atomic E-state index is 12.0. The highest BCUT2D eigenvalue weighted by molar-refractivity contribution is 5.81. The van der Waals surface area contributed by atoms with E-state index in [1.54, 1.807) is 0 Å². The lowest BCUT2D eigenvalue weighted by atomic mass is 9.88. The van der Waals surface area contributed by atoms with Crippen LogP contribution >= 0.6 is 0 Å². The number of benzene rings is 1. The monoisotopic (exact) mass is 248 g/mol. The zero-order chi connectivity index (χ0) is 13.6. The van der Waals surface area contributed by atoms with Crippen LogP contribution in [0.2, 0.25) is 0 Å². The van der Waals surface area contributed by atoms with Crippen molar-refractivity contribution in [1.29, 1.82) is 0 Å². The summed E-state index contributed by atoms with van der Waals surface area (Å²) in [5, 5.41) is 2.97. The SMILES string of the molecule is CCc1ccc(CNC(=O)C(C)(C)CCN)cc1. The van der Waals surface area contributed by atoms with E-state index in [-0.39, 0.29) is 5.91 Å². The molecule has 100 valence electrons. The number of amides is 1. The van der Waals surface area contributed by atoms with Crippen molar-refractivity contribution in [2.75, 3.05) is 6.54 Å². The minimum absolute atomic E-state index is 0.0625. The molecule has 0 fully saturated rings. The zero-order valence-electron chi connectivity index (χ0n) is 11.6. The Labute approximate surface area is 110 Å². The fourth-order valence-electron chi connectivity index (χ4n) is 1.79. The minimum atomic E-state index is -0.391. The van der Waals surface area contributed by atoms with Crippen LogP contribution in [0, 0.1) is 5.41 Å². The molecule has 0 heterocycles. The van der Waals surface area contributed by atoms with E-state index in [0.29, 0.717) is 19.5 Å². The molecular weight excluding hydrogens is 224 g/mol. The number of carbonyl (C=O) groups excluding carboxylic acids is 1. The molecule has 3 N–H and O–H groups in total. The van der Waals surface area contributed by atoms with Crippen LogP contribution in [0.3, 0.4) is 0 Å². The van der Waals surface area contributed by atoms with Crippen LogP contribution in [0.25, 0.3) is 0 Å². The largest absolute Gasteiger partial charge is 0.352 e. The molecular formula is C15H24N2O. The van der Waals surface area contributed by atoms with Crippen LogP contribution in [0.15, 0.2) is 24.3 Å². The van der Waals surface area contributed by atoms with Crippen molar-refractivity contribution in [3.05, 3.63) is 35.4 Å². The van der Waals surface area contributed by atoms with E-state index in [2.05, 4.69) is 36.5 Å². The number of nitrogens with one attached hydrogen (secondary N) is 1. The zero-order valence-corrected chi connectivity index (χ0v) is 11.6. The standard InChI is InChI=1S/C15H24N2O/c1-4-12-5-7-13(8-6-12)11-17-14(18)15(2,3)9-10-16/h5-8H,4,9-11,16H2,1-3H3,(H,17,18). The molecule has 1 amide bonds. The van der Waals surface area contributed by atoms with Crippen molar-refractivity contribution < 1.29 is 4.79 Å². The molecule has 0 spiro atoms. The van der Waals surface area contributed by atoms with Crippen LogP contribution in [0.1, 0.15) is 38.3 Å². The van der Waals surface area contributed by atoms with Gasteiger partial charge in [-0.05, 0) is 30.5 Å². The summed E-state index contributed by atoms with van der Waals surface area (Å²) in [6.45, 7) is 7.10. The van der Waals surface area contributed by atoms with E-state index >= 15 is 0 Å². The third-order valence-corrected chi connectivity index (χ3v) is 3.27. The average molecular weight is 248 g/mol. The highest BCUT2D eigenvalue weighted by Crippen LogP contribution is 2.19. The third-order valence-electron chi connectivity index (χ3n) is 3.27. The summed E-state index contributed by atoms with van der Waals surface area (Å²) in [5.41, 5.74) is 7.56. The normalized spacial score (nSPS) is 11.3. The van der Waals surface area contributed by atoms with Gasteiger partial charge in [0.25, 0.3) is 0 Å². The van der Waals surface area contributed by atoms with Gasteiger partial charge in [0.2, 0.25) is 5.91 Å². The molecule has 0 saturated heterocycles. The molecule has 18 heavy (non-hydrogen) atoms. The minimum Gasteiger partial charge on any atom is -0.352 e. The molecule has 0 saturated carbocycles. The van der Waals surface area contributed by atoms with Gasteiger partial charge in [-0.25, -0.2) is 0 Å². The lowest BCUT2D eigenvalue weighted by Crippen LogP contribution is -2.37. The van der Waals surface area contributed by atoms with Gasteiger partial charge in [-0.15, -0.1) is 0 Å². The van der Waals surface area contributed by atoms with Crippen molar-refractivity contribution in [1.82, 2.24) is 5.32 Å². The van der Waals surface area contributed by atoms with Crippen molar-refractivity contribution in [3.63, 3.8) is 0 Å². The van der Waals surface area contributed by atoms with Crippen molar-refractivity contribution in [3.8, 4) is 0 Å². The highest BCUT2D eigenvalue weighted by atomic mass is 16.2. The Hall–Kier alpha value is -1.35. The van der Waals surface area contributed by atoms with Crippen LogP contribution in [-0.4, -0.2) is 12.5 Å². The summed E-state index contributed by atoms with van der Waals surface area (Å²) in [6, 6.07) is 8.34. The van der Waals surface area contributed by atoms with Gasteiger partial charge in [-0.3, -0.25) is 4.79 Å². The summed E-state index contributed by atoms with van der Waals surface area (Å²) in [5.74, 6) is 0.0625. The maximum atomic E-state index is 12.0. The number of nitrogens with two attached hydrogens (primary N) is 1. The Bertz CT molecular complexity index is 382. The van der Waals surface area contributed by atoms with Crippen LogP contribution < -0.4 is 11.1 Å². The Kier molecular flexibility index (Phi) is 5.35. The van der Waals surface area contributed by atoms with Crippen LogP contribution in [0.4, 0.5) is 0 Å². The Morgan fingerprint density at radius 2 is 1.78 bits per heavy atom. The Morgan fingerprint density at radius 3 is 2.28 bits per heavy atom. The van der Waals surface area contributed by atoms with Crippen molar-refractivity contribution in [2.45, 2.75) is 40.2 Å². The molecule has 0 aliphatic rings. The first-order valence-electron chi connectivity index (χ1n) is 6.56. The highest BCUT2D eigenvalue weighted by Gasteiger charge is 2.25. The molecule has 0 unspecified atom stereocenters. The molecule has 3 heteroatoms. The molecule has 0 aliphatic carbocycles. The Morgan fingerprint density at radius 1 is 1.22 bits per heavy atom. The second kappa shape index (κ2) is 6.55. The van der Waals surface area contributed by atoms with Gasteiger partial charge >= 0.3 is 0 Å². The summed E-state index contributed by atoms with van der Waals surface area (Å²) < 4.78 is 0. The quantitative estimate of drug-likeness (QED) is 0.811. The van der Waals surface area contributed by atoms with E-state index in [0.717, 1.165) is 12.0 Å². The van der Waals surface area contributed by atoms with Crippen molar-refractivity contribution in [2.24, 2.45) is 11.1 Å². The number of hydrogen-bond acceptors (Lipinski definition) is 2. The molecule has 0 bridgehead atoms. The molecule has 0 aliphatic heterocycles. The number of aryl methyl sites for hydroxylation is 1. The van der Waals surface area contributed by atoms with E-state index in [4.69, 9.17) is 5.73 Å². The van der Waals surface area contributed by atoms with E-state index in [1.165, 1.54) is 5.56 Å². The lowest BCUT2D eigenvalue weighted by molar-refractivity contribution is -0.129. The molecule has 1 aromatic rings. The summed E-state index contributed by atoms with van der Waals surface area (Å²) in [7, 11) is 0. The molecule has 1 rings (SSSR count). The third kappa shape index (κ3) is 4.15. The fraction of sp³-hybridized carbons (Fsp3) is 0.533. The predicted octanol–water partition coefficient (Wildman–Crippen LogP) is 2.24. The lowest BCUT2D eigenvalue weighted by Gasteiger charge is -2.22. The van der Waals surface area contributed by atoms with Gasteiger partial charge in [0.05, 0.1) is 0 Å². The second-order valence-electron chi connectivity index (χ2n) is 5.28. The molecule has 1 aromatic carbocycles. The Balaban J connectivity index is 2.51. The molecule has 0 atom stereocenters. The van der Waals surface area contributed by atoms with Gasteiger partial charge in [0.15, 0.2) is 0 Å². The molecule has 0 aromatic heterocycles. The van der Waals surface area contributed by atoms with Gasteiger partial charge in [-0.1, -0.05) is 45.0 Å². The average Bonchev–Trinajstić information content (AvgIpc) is 2.36. The van der Waals surface area contributed by atoms with E-state index in [9.17, 15) is 4.79 Å². The first-order valence-corrected chi connectivity index (χ1v) is 6.56. The number of carbonyl (C=O) groups is 1. The maximum Gasteiger partial charge on any atom is 0.225 e. The fourth-order valence-corrected chi connectivity index (χ4v) is 1.79. The summed E-state index contributed by atoms with van der Waals surface area (Å²) in [4.78, 5) is 12.0. The smallest absolute Gasteiger partial charge is 0.225 e. The van der Waals surface area contributed by atoms with Crippen LogP contribution in [-0.2, 0) is 17.8 Å². The van der Waals surface area contributed by atoms with Gasteiger partial charge < -0.3 is 11.1 Å². The summed E-state index contributed by atoms with van der Waals surface area (Å²) in [6.07, 6.45) is 1.74. The predicted molar refractivity (Wildman–Crippen MR) is 75.1 cm³/mol. The topological polar surface area (TPSA) is 55.1 Å². The number of rotatable bonds is 6. The summed E-state index contributed by atoms with van der Waals surface area (Å²) >= 11 is 0. The van der Waals surface area contributed by atoms with Gasteiger partial charge in [0.1, 0.15) is 0 Å². The molecule has 3 nitrogen and oxygen atoms in total. The number of hydrogen-bond donors (Lipinski definition) is 2. The van der Waals surface area contributed by atoms with Crippen LogP contribution in [0.5, 0.6) is 0 Å². The van der Waals surface area contributed by atoms with E-state index < -0.39 is 5.41 Å². The first kappa shape index (κ1) is 14.7. The van der Waals surface area contributed by atoms with Crippen molar-refractivity contribution >= 4 is 5.91 Å². The van der Waals surface area contributed by atoms with E-state index in [1.807, 2.05) is 13.8 Å². The van der Waals surface area contributed by atoms with Gasteiger partial charge in [-0.2, -0.15) is 0 Å². The molecule has 0 radical (unpaired) electrons.